The predicted octanol–water partition coefficient (Wildman–Crippen LogP) is 1.82. The quantitative estimate of drug-likeness (QED) is 0.918. The Morgan fingerprint density at radius 1 is 1.43 bits per heavy atom. The van der Waals surface area contributed by atoms with Crippen molar-refractivity contribution in [3.8, 4) is 0 Å². The van der Waals surface area contributed by atoms with Crippen LogP contribution in [0.5, 0.6) is 0 Å². The van der Waals surface area contributed by atoms with Crippen LogP contribution in [-0.4, -0.2) is 59.5 Å². The highest BCUT2D eigenvalue weighted by atomic mass is 16.2. The Morgan fingerprint density at radius 3 is 3.19 bits per heavy atom. The summed E-state index contributed by atoms with van der Waals surface area (Å²) in [5, 5.41) is 3.31. The van der Waals surface area contributed by atoms with E-state index in [0.29, 0.717) is 11.7 Å². The Morgan fingerprint density at radius 2 is 2.33 bits per heavy atom. The molecule has 2 saturated heterocycles. The summed E-state index contributed by atoms with van der Waals surface area (Å²) in [7, 11) is 0. The normalized spacial score (nSPS) is 22.1. The minimum Gasteiger partial charge on any atom is -0.385 e. The molecule has 1 unspecified atom stereocenters. The maximum atomic E-state index is 12.6. The zero-order valence-corrected chi connectivity index (χ0v) is 12.7. The molecule has 2 fully saturated rings. The third-order valence-electron chi connectivity index (χ3n) is 4.43. The molecule has 2 aliphatic heterocycles. The highest BCUT2D eigenvalue weighted by Gasteiger charge is 2.33. The standard InChI is InChI=1S/C16H24N4O/c1-2-6-17-13-5-7-18-15(11-13)16(21)20-10-9-19-8-3-4-14(19)12-20/h5,7,11,14H,2-4,6,8-10,12H2,1H3,(H,17,18). The molecular weight excluding hydrogens is 264 g/mol. The molecule has 1 amide bonds. The van der Waals surface area contributed by atoms with Gasteiger partial charge in [-0.3, -0.25) is 14.7 Å². The molecule has 0 aliphatic carbocycles. The number of anilines is 1. The number of hydrogen-bond acceptors (Lipinski definition) is 4. The van der Waals surface area contributed by atoms with E-state index < -0.39 is 0 Å². The van der Waals surface area contributed by atoms with Crippen molar-refractivity contribution < 1.29 is 4.79 Å². The topological polar surface area (TPSA) is 48.5 Å². The van der Waals surface area contributed by atoms with Gasteiger partial charge < -0.3 is 10.2 Å². The summed E-state index contributed by atoms with van der Waals surface area (Å²) in [6.45, 7) is 6.92. The molecule has 0 aromatic carbocycles. The Labute approximate surface area is 126 Å². The third kappa shape index (κ3) is 3.18. The lowest BCUT2D eigenvalue weighted by Crippen LogP contribution is -2.52. The molecule has 5 heteroatoms. The summed E-state index contributed by atoms with van der Waals surface area (Å²) in [5.41, 5.74) is 1.54. The van der Waals surface area contributed by atoms with Crippen LogP contribution in [0.2, 0.25) is 0 Å². The summed E-state index contributed by atoms with van der Waals surface area (Å²) in [6, 6.07) is 4.35. The van der Waals surface area contributed by atoms with Crippen LogP contribution in [-0.2, 0) is 0 Å². The molecular formula is C16H24N4O. The van der Waals surface area contributed by atoms with Gasteiger partial charge in [-0.15, -0.1) is 0 Å². The van der Waals surface area contributed by atoms with Crippen LogP contribution >= 0.6 is 0 Å². The van der Waals surface area contributed by atoms with Gasteiger partial charge in [0.25, 0.3) is 5.91 Å². The summed E-state index contributed by atoms with van der Waals surface area (Å²) in [4.78, 5) is 21.4. The van der Waals surface area contributed by atoms with Crippen molar-refractivity contribution in [2.45, 2.75) is 32.2 Å². The van der Waals surface area contributed by atoms with Crippen LogP contribution < -0.4 is 5.32 Å². The van der Waals surface area contributed by atoms with Crippen molar-refractivity contribution in [3.63, 3.8) is 0 Å². The number of carbonyl (C=O) groups excluding carboxylic acids is 1. The molecule has 0 spiro atoms. The highest BCUT2D eigenvalue weighted by Crippen LogP contribution is 2.22. The second-order valence-electron chi connectivity index (χ2n) is 5.94. The Balaban J connectivity index is 1.67. The van der Waals surface area contributed by atoms with E-state index in [2.05, 4.69) is 22.1 Å². The molecule has 21 heavy (non-hydrogen) atoms. The molecule has 0 radical (unpaired) electrons. The van der Waals surface area contributed by atoms with Crippen molar-refractivity contribution in [1.82, 2.24) is 14.8 Å². The number of piperazine rings is 1. The lowest BCUT2D eigenvalue weighted by atomic mass is 10.1. The number of carbonyl (C=O) groups is 1. The van der Waals surface area contributed by atoms with Crippen LogP contribution in [0.25, 0.3) is 0 Å². The van der Waals surface area contributed by atoms with Gasteiger partial charge >= 0.3 is 0 Å². The molecule has 1 aromatic rings. The molecule has 3 heterocycles. The van der Waals surface area contributed by atoms with E-state index in [-0.39, 0.29) is 5.91 Å². The maximum absolute atomic E-state index is 12.6. The molecule has 114 valence electrons. The molecule has 1 aromatic heterocycles. The molecule has 0 saturated carbocycles. The van der Waals surface area contributed by atoms with E-state index in [1.54, 1.807) is 6.20 Å². The van der Waals surface area contributed by atoms with Crippen LogP contribution in [0, 0.1) is 0 Å². The molecule has 0 bridgehead atoms. The second-order valence-corrected chi connectivity index (χ2v) is 5.94. The van der Waals surface area contributed by atoms with E-state index in [9.17, 15) is 4.79 Å². The first-order valence-corrected chi connectivity index (χ1v) is 8.01. The van der Waals surface area contributed by atoms with E-state index in [1.807, 2.05) is 17.0 Å². The predicted molar refractivity (Wildman–Crippen MR) is 83.5 cm³/mol. The monoisotopic (exact) mass is 288 g/mol. The molecule has 1 atom stereocenters. The number of aromatic nitrogens is 1. The van der Waals surface area contributed by atoms with Gasteiger partial charge in [0.2, 0.25) is 0 Å². The van der Waals surface area contributed by atoms with Crippen LogP contribution in [0.1, 0.15) is 36.7 Å². The number of nitrogens with one attached hydrogen (secondary N) is 1. The van der Waals surface area contributed by atoms with Gasteiger partial charge in [-0.25, -0.2) is 0 Å². The molecule has 1 N–H and O–H groups in total. The first-order chi connectivity index (χ1) is 10.3. The van der Waals surface area contributed by atoms with Crippen molar-refractivity contribution >= 4 is 11.6 Å². The number of rotatable bonds is 4. The average Bonchev–Trinajstić information content (AvgIpc) is 3.00. The van der Waals surface area contributed by atoms with Gasteiger partial charge in [0.1, 0.15) is 5.69 Å². The zero-order valence-electron chi connectivity index (χ0n) is 12.7. The Hall–Kier alpha value is -1.62. The van der Waals surface area contributed by atoms with E-state index in [1.165, 1.54) is 19.4 Å². The third-order valence-corrected chi connectivity index (χ3v) is 4.43. The SMILES string of the molecule is CCCNc1ccnc(C(=O)N2CCN3CCCC3C2)c1. The average molecular weight is 288 g/mol. The van der Waals surface area contributed by atoms with Crippen molar-refractivity contribution in [3.05, 3.63) is 24.0 Å². The van der Waals surface area contributed by atoms with Crippen molar-refractivity contribution in [1.29, 1.82) is 0 Å². The number of nitrogens with zero attached hydrogens (tertiary/aromatic N) is 3. The van der Waals surface area contributed by atoms with Gasteiger partial charge in [0, 0.05) is 44.1 Å². The first-order valence-electron chi connectivity index (χ1n) is 8.01. The minimum absolute atomic E-state index is 0.0710. The molecule has 5 nitrogen and oxygen atoms in total. The Kier molecular flexibility index (Phi) is 4.39. The van der Waals surface area contributed by atoms with E-state index in [4.69, 9.17) is 0 Å². The van der Waals surface area contributed by atoms with Gasteiger partial charge in [-0.2, -0.15) is 0 Å². The largest absolute Gasteiger partial charge is 0.385 e. The summed E-state index contributed by atoms with van der Waals surface area (Å²) < 4.78 is 0. The lowest BCUT2D eigenvalue weighted by molar-refractivity contribution is 0.0566. The summed E-state index contributed by atoms with van der Waals surface area (Å²) >= 11 is 0. The fourth-order valence-electron chi connectivity index (χ4n) is 3.26. The minimum atomic E-state index is 0.0710. The van der Waals surface area contributed by atoms with Crippen LogP contribution in [0.3, 0.4) is 0 Å². The smallest absolute Gasteiger partial charge is 0.272 e. The van der Waals surface area contributed by atoms with Crippen molar-refractivity contribution in [2.75, 3.05) is 38.0 Å². The molecule has 2 aliphatic rings. The van der Waals surface area contributed by atoms with Gasteiger partial charge in [-0.1, -0.05) is 6.92 Å². The summed E-state index contributed by atoms with van der Waals surface area (Å²) in [6.07, 6.45) is 5.27. The Bertz CT molecular complexity index is 505. The van der Waals surface area contributed by atoms with Gasteiger partial charge in [0.05, 0.1) is 0 Å². The van der Waals surface area contributed by atoms with Crippen LogP contribution in [0.4, 0.5) is 5.69 Å². The lowest BCUT2D eigenvalue weighted by Gasteiger charge is -2.37. The first kappa shape index (κ1) is 14.3. The number of amides is 1. The van der Waals surface area contributed by atoms with E-state index in [0.717, 1.165) is 38.3 Å². The number of pyridine rings is 1. The molecule has 3 rings (SSSR count). The maximum Gasteiger partial charge on any atom is 0.272 e. The van der Waals surface area contributed by atoms with Gasteiger partial charge in [0.15, 0.2) is 0 Å². The number of fused-ring (bicyclic) bond motifs is 1. The van der Waals surface area contributed by atoms with E-state index >= 15 is 0 Å². The van der Waals surface area contributed by atoms with Crippen LogP contribution in [0.15, 0.2) is 18.3 Å². The fraction of sp³-hybridized carbons (Fsp3) is 0.625. The highest BCUT2D eigenvalue weighted by molar-refractivity contribution is 5.93. The summed E-state index contributed by atoms with van der Waals surface area (Å²) in [5.74, 6) is 0.0710. The zero-order chi connectivity index (χ0) is 14.7. The second kappa shape index (κ2) is 6.43. The number of hydrogen-bond donors (Lipinski definition) is 1. The fourth-order valence-corrected chi connectivity index (χ4v) is 3.26. The van der Waals surface area contributed by atoms with Gasteiger partial charge in [-0.05, 0) is 37.9 Å². The van der Waals surface area contributed by atoms with Crippen molar-refractivity contribution in [2.24, 2.45) is 0 Å².